The van der Waals surface area contributed by atoms with Gasteiger partial charge in [-0.15, -0.1) is 0 Å². The lowest BCUT2D eigenvalue weighted by Gasteiger charge is -2.34. The summed E-state index contributed by atoms with van der Waals surface area (Å²) < 4.78 is 5.19. The number of halogens is 1. The molecule has 0 bridgehead atoms. The molecule has 0 aliphatic carbocycles. The maximum atomic E-state index is 13.3. The number of hydrogen-bond acceptors (Lipinski definition) is 5. The largest absolute Gasteiger partial charge is 0.466 e. The van der Waals surface area contributed by atoms with Gasteiger partial charge >= 0.3 is 5.97 Å². The molecule has 0 radical (unpaired) electrons. The Morgan fingerprint density at radius 3 is 2.87 bits per heavy atom. The molecule has 2 aromatic rings. The Labute approximate surface area is 181 Å². The molecule has 1 fully saturated rings. The fourth-order valence-corrected chi connectivity index (χ4v) is 4.21. The minimum atomic E-state index is -0.154. The lowest BCUT2D eigenvalue weighted by molar-refractivity contribution is -0.149. The Morgan fingerprint density at radius 1 is 1.23 bits per heavy atom. The van der Waals surface area contributed by atoms with E-state index in [1.165, 1.54) is 0 Å². The van der Waals surface area contributed by atoms with Gasteiger partial charge in [-0.3, -0.25) is 19.4 Å². The first-order valence-corrected chi connectivity index (χ1v) is 10.6. The molecule has 0 saturated carbocycles. The highest BCUT2D eigenvalue weighted by Crippen LogP contribution is 2.32. The Bertz CT molecular complexity index is 991. The molecule has 30 heavy (non-hydrogen) atoms. The van der Waals surface area contributed by atoms with Crippen molar-refractivity contribution in [2.75, 3.05) is 31.3 Å². The van der Waals surface area contributed by atoms with Crippen LogP contribution in [0.5, 0.6) is 0 Å². The third-order valence-corrected chi connectivity index (χ3v) is 5.65. The normalized spacial score (nSPS) is 20.5. The van der Waals surface area contributed by atoms with Crippen molar-refractivity contribution in [3.63, 3.8) is 0 Å². The third kappa shape index (κ3) is 4.25. The van der Waals surface area contributed by atoms with Crippen LogP contribution in [0.1, 0.15) is 25.3 Å². The van der Waals surface area contributed by atoms with Crippen LogP contribution in [0.3, 0.4) is 0 Å². The smallest absolute Gasteiger partial charge is 0.310 e. The molecule has 7 heteroatoms. The Hall–Kier alpha value is -2.70. The highest BCUT2D eigenvalue weighted by molar-refractivity contribution is 6.54. The lowest BCUT2D eigenvalue weighted by Crippen LogP contribution is -2.47. The van der Waals surface area contributed by atoms with Crippen LogP contribution in [0.2, 0.25) is 5.02 Å². The number of piperidine rings is 1. The lowest BCUT2D eigenvalue weighted by atomic mass is 9.98. The van der Waals surface area contributed by atoms with Gasteiger partial charge in [0.2, 0.25) is 0 Å². The standard InChI is InChI=1S/C23H24ClN3O3/c1-2-30-23(29)16-7-6-12-26(14-16)15-27-20-11-4-3-10-19(20)21(22(27)28)25-18-9-5-8-17(24)13-18/h3-5,8-11,13,16H,2,6-7,12,14-15H2,1H3. The van der Waals surface area contributed by atoms with Gasteiger partial charge in [-0.25, -0.2) is 4.99 Å². The first kappa shape index (κ1) is 20.6. The molecule has 1 atom stereocenters. The van der Waals surface area contributed by atoms with Crippen molar-refractivity contribution in [1.29, 1.82) is 0 Å². The van der Waals surface area contributed by atoms with Crippen molar-refractivity contribution < 1.29 is 14.3 Å². The van der Waals surface area contributed by atoms with Gasteiger partial charge in [0, 0.05) is 17.1 Å². The van der Waals surface area contributed by atoms with E-state index < -0.39 is 0 Å². The maximum Gasteiger partial charge on any atom is 0.310 e. The van der Waals surface area contributed by atoms with Crippen LogP contribution in [0.15, 0.2) is 53.5 Å². The van der Waals surface area contributed by atoms with Gasteiger partial charge in [0.15, 0.2) is 0 Å². The summed E-state index contributed by atoms with van der Waals surface area (Å²) in [6.07, 6.45) is 1.72. The zero-order chi connectivity index (χ0) is 21.1. The summed E-state index contributed by atoms with van der Waals surface area (Å²) in [7, 11) is 0. The highest BCUT2D eigenvalue weighted by Gasteiger charge is 2.36. The van der Waals surface area contributed by atoms with Crippen LogP contribution in [0.4, 0.5) is 11.4 Å². The number of hydrogen-bond donors (Lipinski definition) is 0. The summed E-state index contributed by atoms with van der Waals surface area (Å²) in [6, 6.07) is 14.8. The van der Waals surface area contributed by atoms with Crippen LogP contribution in [0, 0.1) is 5.92 Å². The van der Waals surface area contributed by atoms with Crippen LogP contribution in [-0.2, 0) is 14.3 Å². The van der Waals surface area contributed by atoms with Crippen molar-refractivity contribution in [1.82, 2.24) is 4.90 Å². The third-order valence-electron chi connectivity index (χ3n) is 5.41. The molecule has 1 amide bonds. The molecule has 4 rings (SSSR count). The first-order valence-electron chi connectivity index (χ1n) is 10.2. The predicted octanol–water partition coefficient (Wildman–Crippen LogP) is 4.04. The molecule has 2 aliphatic rings. The molecule has 1 unspecified atom stereocenters. The van der Waals surface area contributed by atoms with Gasteiger partial charge < -0.3 is 4.74 Å². The van der Waals surface area contributed by atoms with Gasteiger partial charge in [0.05, 0.1) is 30.6 Å². The van der Waals surface area contributed by atoms with Crippen molar-refractivity contribution in [3.8, 4) is 0 Å². The number of anilines is 1. The van der Waals surface area contributed by atoms with Gasteiger partial charge in [0.25, 0.3) is 5.91 Å². The Morgan fingerprint density at radius 2 is 2.07 bits per heavy atom. The van der Waals surface area contributed by atoms with Gasteiger partial charge in [0.1, 0.15) is 5.71 Å². The van der Waals surface area contributed by atoms with E-state index in [4.69, 9.17) is 16.3 Å². The number of carbonyl (C=O) groups is 2. The number of rotatable bonds is 5. The van der Waals surface area contributed by atoms with E-state index in [1.807, 2.05) is 43.3 Å². The number of benzene rings is 2. The summed E-state index contributed by atoms with van der Waals surface area (Å²) in [5.74, 6) is -0.445. The van der Waals surface area contributed by atoms with Crippen molar-refractivity contribution >= 4 is 40.6 Å². The average molecular weight is 426 g/mol. The molecular weight excluding hydrogens is 402 g/mol. The van der Waals surface area contributed by atoms with Crippen molar-refractivity contribution in [3.05, 3.63) is 59.1 Å². The fourth-order valence-electron chi connectivity index (χ4n) is 4.02. The van der Waals surface area contributed by atoms with Crippen LogP contribution < -0.4 is 4.90 Å². The van der Waals surface area contributed by atoms with Gasteiger partial charge in [-0.2, -0.15) is 0 Å². The highest BCUT2D eigenvalue weighted by atomic mass is 35.5. The van der Waals surface area contributed by atoms with E-state index in [2.05, 4.69) is 9.89 Å². The number of carbonyl (C=O) groups excluding carboxylic acids is 2. The van der Waals surface area contributed by atoms with Crippen LogP contribution >= 0.6 is 11.6 Å². The maximum absolute atomic E-state index is 13.3. The molecule has 0 aromatic heterocycles. The summed E-state index contributed by atoms with van der Waals surface area (Å²) >= 11 is 6.08. The zero-order valence-corrected chi connectivity index (χ0v) is 17.6. The SMILES string of the molecule is CCOC(=O)C1CCCN(CN2C(=O)C(=Nc3cccc(Cl)c3)c3ccccc32)C1. The second-order valence-electron chi connectivity index (χ2n) is 7.50. The first-order chi connectivity index (χ1) is 14.6. The van der Waals surface area contributed by atoms with Crippen molar-refractivity contribution in [2.45, 2.75) is 19.8 Å². The molecule has 0 N–H and O–H groups in total. The van der Waals surface area contributed by atoms with E-state index in [-0.39, 0.29) is 17.8 Å². The number of ether oxygens (including phenoxy) is 1. The summed E-state index contributed by atoms with van der Waals surface area (Å²) in [4.78, 5) is 33.9. The Kier molecular flexibility index (Phi) is 6.16. The number of likely N-dealkylation sites (tertiary alicyclic amines) is 1. The molecule has 1 saturated heterocycles. The Balaban J connectivity index is 1.57. The summed E-state index contributed by atoms with van der Waals surface area (Å²) in [6.45, 7) is 4.05. The predicted molar refractivity (Wildman–Crippen MR) is 117 cm³/mol. The minimum absolute atomic E-state index is 0.144. The molecule has 2 aliphatic heterocycles. The number of esters is 1. The molecule has 0 spiro atoms. The second-order valence-corrected chi connectivity index (χ2v) is 7.94. The molecule has 2 heterocycles. The number of nitrogens with zero attached hydrogens (tertiary/aromatic N) is 3. The average Bonchev–Trinajstić information content (AvgIpc) is 3.00. The molecule has 6 nitrogen and oxygen atoms in total. The molecule has 156 valence electrons. The summed E-state index contributed by atoms with van der Waals surface area (Å²) in [5, 5.41) is 0.575. The number of aliphatic imine (C=N–C) groups is 1. The topological polar surface area (TPSA) is 62.2 Å². The van der Waals surface area contributed by atoms with Gasteiger partial charge in [-0.05, 0) is 50.6 Å². The minimum Gasteiger partial charge on any atom is -0.466 e. The van der Waals surface area contributed by atoms with Crippen molar-refractivity contribution in [2.24, 2.45) is 10.9 Å². The van der Waals surface area contributed by atoms with E-state index in [1.54, 1.807) is 17.0 Å². The van der Waals surface area contributed by atoms with Crippen LogP contribution in [0.25, 0.3) is 0 Å². The molecular formula is C23H24ClN3O3. The quantitative estimate of drug-likeness (QED) is 0.678. The zero-order valence-electron chi connectivity index (χ0n) is 16.9. The monoisotopic (exact) mass is 425 g/mol. The van der Waals surface area contributed by atoms with Crippen LogP contribution in [-0.4, -0.2) is 48.9 Å². The van der Waals surface area contributed by atoms with E-state index >= 15 is 0 Å². The fraction of sp³-hybridized carbons (Fsp3) is 0.348. The van der Waals surface area contributed by atoms with E-state index in [0.717, 1.165) is 30.6 Å². The molecule has 2 aromatic carbocycles. The second kappa shape index (κ2) is 8.98. The number of fused-ring (bicyclic) bond motifs is 1. The van der Waals surface area contributed by atoms with E-state index in [9.17, 15) is 9.59 Å². The van der Waals surface area contributed by atoms with Gasteiger partial charge in [-0.1, -0.05) is 35.9 Å². The number of para-hydroxylation sites is 1. The summed E-state index contributed by atoms with van der Waals surface area (Å²) in [5.41, 5.74) is 2.69. The number of amides is 1. The van der Waals surface area contributed by atoms with E-state index in [0.29, 0.717) is 36.2 Å².